The van der Waals surface area contributed by atoms with Gasteiger partial charge in [0.15, 0.2) is 0 Å². The number of aromatic amines is 1. The van der Waals surface area contributed by atoms with Crippen LogP contribution in [0.25, 0.3) is 26.8 Å². The highest BCUT2D eigenvalue weighted by Gasteiger charge is 2.80. The van der Waals surface area contributed by atoms with Gasteiger partial charge in [0.05, 0.1) is 16.3 Å². The first-order chi connectivity index (χ1) is 23.5. The number of hydrogen-bond donors (Lipinski definition) is 1. The van der Waals surface area contributed by atoms with Gasteiger partial charge < -0.3 is 4.98 Å². The third kappa shape index (κ3) is 5.13. The first-order valence-electron chi connectivity index (χ1n) is 15.8. The van der Waals surface area contributed by atoms with Crippen molar-refractivity contribution in [2.45, 2.75) is 59.3 Å². The number of aliphatic imine (C=N–C) groups is 1. The van der Waals surface area contributed by atoms with E-state index >= 15 is 26.3 Å². The topological polar surface area (TPSA) is 28.1 Å². The lowest BCUT2D eigenvalue weighted by Crippen LogP contribution is -2.48. The molecule has 0 unspecified atom stereocenters. The number of hydrogen-bond acceptors (Lipinski definition) is 3. The van der Waals surface area contributed by atoms with Gasteiger partial charge in [-0.25, -0.2) is 0 Å². The van der Waals surface area contributed by atoms with E-state index in [1.807, 2.05) is 58.0 Å². The van der Waals surface area contributed by atoms with E-state index in [2.05, 4.69) is 22.9 Å². The van der Waals surface area contributed by atoms with Crippen LogP contribution in [0.1, 0.15) is 67.7 Å². The minimum atomic E-state index is -5.63. The summed E-state index contributed by atoms with van der Waals surface area (Å²) in [6, 6.07) is 17.2. The fourth-order valence-electron chi connectivity index (χ4n) is 6.85. The summed E-state index contributed by atoms with van der Waals surface area (Å²) < 4.78 is 93.3. The van der Waals surface area contributed by atoms with Crippen LogP contribution < -0.4 is 0 Å². The van der Waals surface area contributed by atoms with E-state index in [1.165, 1.54) is 26.0 Å². The van der Waals surface area contributed by atoms with Crippen LogP contribution in [0.4, 0.5) is 26.3 Å². The molecule has 254 valence electrons. The maximum atomic E-state index is 15.7. The van der Waals surface area contributed by atoms with Gasteiger partial charge in [0, 0.05) is 59.1 Å². The number of halogens is 6. The molecular weight excluding hydrogens is 687 g/mol. The Morgan fingerprint density at radius 2 is 1.44 bits per heavy atom. The van der Waals surface area contributed by atoms with Crippen molar-refractivity contribution in [2.75, 3.05) is 0 Å². The zero-order valence-electron chi connectivity index (χ0n) is 27.9. The third-order valence-electron chi connectivity index (χ3n) is 9.10. The van der Waals surface area contributed by atoms with Gasteiger partial charge in [-0.2, -0.15) is 26.3 Å². The van der Waals surface area contributed by atoms with Gasteiger partial charge in [-0.15, -0.1) is 22.7 Å². The molecule has 0 fully saturated rings. The molecule has 50 heavy (non-hydrogen) atoms. The molecule has 2 aliphatic rings. The van der Waals surface area contributed by atoms with E-state index in [0.29, 0.717) is 10.3 Å². The molecule has 0 atom stereocenters. The maximum absolute atomic E-state index is 15.7. The number of alkyl halides is 6. The SMILES string of the molecule is CC1=CC(C)=N/C1=C(/c1ccc(C#Cc2cc(C3=C(c4c(C)sc5ccccc45)C(F)(F)C(F)(F)C3(F)F)c(C)s2)cc1)c1[nH]c(C)cc1C. The maximum Gasteiger partial charge on any atom is 0.380 e. The van der Waals surface area contributed by atoms with Crippen molar-refractivity contribution in [1.82, 2.24) is 4.98 Å². The van der Waals surface area contributed by atoms with Crippen molar-refractivity contribution < 1.29 is 26.3 Å². The normalized spacial score (nSPS) is 18.7. The predicted molar refractivity (Wildman–Crippen MR) is 193 cm³/mol. The van der Waals surface area contributed by atoms with Crippen molar-refractivity contribution >= 4 is 55.2 Å². The predicted octanol–water partition coefficient (Wildman–Crippen LogP) is 11.9. The van der Waals surface area contributed by atoms with E-state index in [9.17, 15) is 0 Å². The van der Waals surface area contributed by atoms with Crippen LogP contribution in [-0.4, -0.2) is 28.5 Å². The number of thiophene rings is 2. The molecule has 5 aromatic rings. The van der Waals surface area contributed by atoms with Gasteiger partial charge in [-0.05, 0) is 100 Å². The molecule has 3 aromatic heterocycles. The molecule has 10 heteroatoms. The van der Waals surface area contributed by atoms with Crippen LogP contribution in [0.15, 0.2) is 83.0 Å². The van der Waals surface area contributed by atoms with Gasteiger partial charge in [0.25, 0.3) is 0 Å². The fourth-order valence-corrected chi connectivity index (χ4v) is 8.81. The number of aryl methyl sites for hydroxylation is 4. The van der Waals surface area contributed by atoms with Gasteiger partial charge in [0.1, 0.15) is 0 Å². The summed E-state index contributed by atoms with van der Waals surface area (Å²) in [4.78, 5) is 8.97. The fraction of sp³-hybridized carbons (Fsp3) is 0.225. The van der Waals surface area contributed by atoms with Crippen molar-refractivity contribution in [3.05, 3.63) is 132 Å². The summed E-state index contributed by atoms with van der Waals surface area (Å²) >= 11 is 2.09. The smallest absolute Gasteiger partial charge is 0.358 e. The van der Waals surface area contributed by atoms with Gasteiger partial charge >= 0.3 is 17.8 Å². The van der Waals surface area contributed by atoms with Gasteiger partial charge in [-0.3, -0.25) is 4.99 Å². The first-order valence-corrected chi connectivity index (χ1v) is 17.4. The van der Waals surface area contributed by atoms with Crippen LogP contribution in [0.5, 0.6) is 0 Å². The number of fused-ring (bicyclic) bond motifs is 1. The van der Waals surface area contributed by atoms with Crippen LogP contribution in [0.3, 0.4) is 0 Å². The molecule has 1 aliphatic heterocycles. The Morgan fingerprint density at radius 3 is 2.08 bits per heavy atom. The van der Waals surface area contributed by atoms with Crippen LogP contribution in [-0.2, 0) is 0 Å². The van der Waals surface area contributed by atoms with Gasteiger partial charge in [-0.1, -0.05) is 42.2 Å². The summed E-state index contributed by atoms with van der Waals surface area (Å²) in [5.41, 5.74) is 5.05. The summed E-state index contributed by atoms with van der Waals surface area (Å²) in [7, 11) is 0. The lowest BCUT2D eigenvalue weighted by molar-refractivity contribution is -0.254. The Labute approximate surface area is 293 Å². The molecule has 0 spiro atoms. The Morgan fingerprint density at radius 1 is 0.760 bits per heavy atom. The lowest BCUT2D eigenvalue weighted by atomic mass is 9.93. The largest absolute Gasteiger partial charge is 0.380 e. The van der Waals surface area contributed by atoms with Gasteiger partial charge in [0.2, 0.25) is 0 Å². The standard InChI is InChI=1S/C40H30F6N2S2/c1-20-17-22(3)47-36(20)33(37-21(2)18-23(4)48-37)27-14-11-26(12-15-27)13-16-28-19-30(24(5)49-28)34-35(39(43,44)40(45,46)38(34,41)42)32-25(6)50-31-10-8-7-9-29(31)32/h7-12,14-15,17-19,47H,1-6H3/b37-33-. The molecular formula is C40H30F6N2S2. The summed E-state index contributed by atoms with van der Waals surface area (Å²) in [6.07, 6.45) is 2.03. The molecule has 1 aliphatic carbocycles. The molecule has 4 heterocycles. The van der Waals surface area contributed by atoms with Crippen molar-refractivity contribution in [1.29, 1.82) is 0 Å². The minimum absolute atomic E-state index is 0.186. The third-order valence-corrected chi connectivity index (χ3v) is 11.2. The second-order valence-electron chi connectivity index (χ2n) is 12.7. The summed E-state index contributed by atoms with van der Waals surface area (Å²) in [5.74, 6) is -9.92. The average molecular weight is 717 g/mol. The second-order valence-corrected chi connectivity index (χ2v) is 15.2. The Balaban J connectivity index is 1.30. The molecule has 0 amide bonds. The zero-order chi connectivity index (χ0) is 35.9. The van der Waals surface area contributed by atoms with Crippen molar-refractivity contribution in [3.63, 3.8) is 0 Å². The molecule has 2 nitrogen and oxygen atoms in total. The van der Waals surface area contributed by atoms with Crippen LogP contribution >= 0.6 is 22.7 Å². The molecule has 2 aromatic carbocycles. The highest BCUT2D eigenvalue weighted by molar-refractivity contribution is 7.19. The Bertz CT molecular complexity index is 2420. The highest BCUT2D eigenvalue weighted by atomic mass is 32.1. The van der Waals surface area contributed by atoms with Crippen molar-refractivity contribution in [3.8, 4) is 11.8 Å². The van der Waals surface area contributed by atoms with Crippen molar-refractivity contribution in [2.24, 2.45) is 4.99 Å². The molecule has 0 radical (unpaired) electrons. The Kier molecular flexibility index (Phi) is 7.96. The first kappa shape index (κ1) is 33.9. The summed E-state index contributed by atoms with van der Waals surface area (Å²) in [5, 5.41) is 0.230. The zero-order valence-corrected chi connectivity index (χ0v) is 29.5. The van der Waals surface area contributed by atoms with Crippen LogP contribution in [0, 0.1) is 39.5 Å². The number of aromatic nitrogens is 1. The number of H-pyrrole nitrogens is 1. The number of rotatable bonds is 4. The molecule has 0 saturated carbocycles. The number of nitrogens with one attached hydrogen (secondary N) is 1. The monoisotopic (exact) mass is 716 g/mol. The quantitative estimate of drug-likeness (QED) is 0.142. The number of allylic oxidation sites excluding steroid dienone is 4. The van der Waals surface area contributed by atoms with E-state index in [0.717, 1.165) is 67.7 Å². The molecule has 0 saturated heterocycles. The second kappa shape index (κ2) is 11.7. The number of nitrogens with zero attached hydrogens (tertiary/aromatic N) is 1. The van der Waals surface area contributed by atoms with E-state index < -0.39 is 28.9 Å². The number of benzene rings is 2. The van der Waals surface area contributed by atoms with E-state index in [4.69, 9.17) is 4.99 Å². The van der Waals surface area contributed by atoms with Crippen LogP contribution in [0.2, 0.25) is 0 Å². The lowest BCUT2D eigenvalue weighted by Gasteiger charge is -2.25. The molecule has 7 rings (SSSR count). The van der Waals surface area contributed by atoms with E-state index in [-0.39, 0.29) is 31.1 Å². The van der Waals surface area contributed by atoms with E-state index in [1.54, 1.807) is 18.2 Å². The highest BCUT2D eigenvalue weighted by Crippen LogP contribution is 2.66. The molecule has 1 N–H and O–H groups in total. The average Bonchev–Trinajstić information content (AvgIpc) is 3.80. The Hall–Kier alpha value is -4.59. The summed E-state index contributed by atoms with van der Waals surface area (Å²) in [6.45, 7) is 10.9. The molecule has 0 bridgehead atoms. The minimum Gasteiger partial charge on any atom is -0.358 e.